The van der Waals surface area contributed by atoms with Gasteiger partial charge in [-0.15, -0.1) is 0 Å². The van der Waals surface area contributed by atoms with Crippen molar-refractivity contribution in [3.8, 4) is 5.75 Å². The van der Waals surface area contributed by atoms with E-state index in [-0.39, 0.29) is 11.3 Å². The van der Waals surface area contributed by atoms with E-state index in [9.17, 15) is 25.0 Å². The molecule has 1 heterocycles. The largest absolute Gasteiger partial charge is 0.497 e. The lowest BCUT2D eigenvalue weighted by molar-refractivity contribution is -0.392. The smallest absolute Gasteiger partial charge is 0.300 e. The number of piperazine rings is 1. The second kappa shape index (κ2) is 8.61. The number of anilines is 2. The number of ether oxygens (including phenoxy) is 1. The highest BCUT2D eigenvalue weighted by Crippen LogP contribution is 2.39. The minimum Gasteiger partial charge on any atom is -0.497 e. The Bertz CT molecular complexity index is 936. The van der Waals surface area contributed by atoms with E-state index in [2.05, 4.69) is 4.90 Å². The first-order chi connectivity index (χ1) is 14.3. The standard InChI is InChI=1S/C18H19N5O7/c1-30-14-4-2-13(3-5-14)20-6-8-21(9-7-20)17-15(22(26)27)10-12(18(24)19-25)11-16(17)23(28)29/h2-5,10-11,25H,6-9H2,1H3,(H,19,24). The van der Waals surface area contributed by atoms with Gasteiger partial charge >= 0.3 is 0 Å². The summed E-state index contributed by atoms with van der Waals surface area (Å²) in [5, 5.41) is 31.9. The van der Waals surface area contributed by atoms with Crippen LogP contribution in [0.4, 0.5) is 22.7 Å². The Morgan fingerprint density at radius 1 is 1.00 bits per heavy atom. The highest BCUT2D eigenvalue weighted by atomic mass is 16.6. The average Bonchev–Trinajstić information content (AvgIpc) is 2.77. The Morgan fingerprint density at radius 2 is 1.50 bits per heavy atom. The van der Waals surface area contributed by atoms with Crippen LogP contribution in [0.1, 0.15) is 10.4 Å². The molecule has 0 spiro atoms. The zero-order valence-corrected chi connectivity index (χ0v) is 16.0. The average molecular weight is 417 g/mol. The van der Waals surface area contributed by atoms with Gasteiger partial charge in [-0.25, -0.2) is 5.48 Å². The van der Waals surface area contributed by atoms with Gasteiger partial charge in [0.1, 0.15) is 5.75 Å². The second-order valence-corrected chi connectivity index (χ2v) is 6.49. The molecule has 0 saturated carbocycles. The maximum Gasteiger partial charge on any atom is 0.300 e. The van der Waals surface area contributed by atoms with Crippen LogP contribution in [0.5, 0.6) is 5.75 Å². The lowest BCUT2D eigenvalue weighted by Crippen LogP contribution is -2.47. The third-order valence-corrected chi connectivity index (χ3v) is 4.86. The Labute approximate surface area is 170 Å². The van der Waals surface area contributed by atoms with Gasteiger partial charge < -0.3 is 14.5 Å². The van der Waals surface area contributed by atoms with Crippen molar-refractivity contribution in [1.29, 1.82) is 0 Å². The molecule has 12 nitrogen and oxygen atoms in total. The normalized spacial score (nSPS) is 13.7. The molecule has 1 fully saturated rings. The number of rotatable bonds is 6. The van der Waals surface area contributed by atoms with Crippen molar-refractivity contribution in [3.63, 3.8) is 0 Å². The molecule has 158 valence electrons. The molecule has 0 unspecified atom stereocenters. The predicted octanol–water partition coefficient (Wildman–Crippen LogP) is 1.96. The minimum atomic E-state index is -1.07. The van der Waals surface area contributed by atoms with E-state index in [0.717, 1.165) is 23.6 Å². The van der Waals surface area contributed by atoms with Crippen molar-refractivity contribution in [2.24, 2.45) is 0 Å². The second-order valence-electron chi connectivity index (χ2n) is 6.49. The number of carbonyl (C=O) groups is 1. The van der Waals surface area contributed by atoms with Crippen LogP contribution < -0.4 is 20.0 Å². The van der Waals surface area contributed by atoms with E-state index in [1.165, 1.54) is 5.48 Å². The van der Waals surface area contributed by atoms with Crippen LogP contribution >= 0.6 is 0 Å². The number of methoxy groups -OCH3 is 1. The van der Waals surface area contributed by atoms with Gasteiger partial charge in [0, 0.05) is 44.0 Å². The number of hydrogen-bond acceptors (Lipinski definition) is 9. The summed E-state index contributed by atoms with van der Waals surface area (Å²) in [6.07, 6.45) is 0. The fraction of sp³-hybridized carbons (Fsp3) is 0.278. The van der Waals surface area contributed by atoms with Gasteiger partial charge in [-0.1, -0.05) is 0 Å². The lowest BCUT2D eigenvalue weighted by atomic mass is 10.1. The summed E-state index contributed by atoms with van der Waals surface area (Å²) in [5.41, 5.74) is 0.596. The van der Waals surface area contributed by atoms with Crippen molar-refractivity contribution < 1.29 is 24.6 Å². The first-order valence-corrected chi connectivity index (χ1v) is 8.91. The number of nitro groups is 2. The molecule has 1 amide bonds. The van der Waals surface area contributed by atoms with Crippen LogP contribution in [0.2, 0.25) is 0 Å². The van der Waals surface area contributed by atoms with Gasteiger partial charge in [0.05, 0.1) is 22.5 Å². The number of nitrogens with zero attached hydrogens (tertiary/aromatic N) is 4. The maximum absolute atomic E-state index is 11.7. The van der Waals surface area contributed by atoms with Crippen LogP contribution in [-0.4, -0.2) is 54.2 Å². The topological polar surface area (TPSA) is 151 Å². The maximum atomic E-state index is 11.7. The van der Waals surface area contributed by atoms with Crippen LogP contribution in [0.15, 0.2) is 36.4 Å². The highest BCUT2D eigenvalue weighted by Gasteiger charge is 2.34. The quantitative estimate of drug-likeness (QED) is 0.408. The summed E-state index contributed by atoms with van der Waals surface area (Å²) in [4.78, 5) is 36.9. The highest BCUT2D eigenvalue weighted by molar-refractivity contribution is 5.97. The molecule has 0 atom stereocenters. The van der Waals surface area contributed by atoms with Crippen LogP contribution in [-0.2, 0) is 0 Å². The molecule has 12 heteroatoms. The molecule has 3 rings (SSSR count). The molecule has 0 radical (unpaired) electrons. The molecule has 1 saturated heterocycles. The molecule has 30 heavy (non-hydrogen) atoms. The van der Waals surface area contributed by atoms with Gasteiger partial charge in [-0.05, 0) is 24.3 Å². The SMILES string of the molecule is COc1ccc(N2CCN(c3c([N+](=O)[O-])cc(C(=O)NO)cc3[N+](=O)[O-])CC2)cc1. The Hall–Kier alpha value is -3.93. The van der Waals surface area contributed by atoms with E-state index < -0.39 is 27.1 Å². The van der Waals surface area contributed by atoms with Gasteiger partial charge in [0.2, 0.25) is 0 Å². The number of hydrogen-bond donors (Lipinski definition) is 2. The molecule has 2 aromatic carbocycles. The summed E-state index contributed by atoms with van der Waals surface area (Å²) in [6.45, 7) is 1.58. The van der Waals surface area contributed by atoms with Crippen LogP contribution in [0.25, 0.3) is 0 Å². The number of carbonyl (C=O) groups excluding carboxylic acids is 1. The summed E-state index contributed by atoms with van der Waals surface area (Å²) >= 11 is 0. The molecule has 1 aliphatic rings. The summed E-state index contributed by atoms with van der Waals surface area (Å²) in [6, 6.07) is 9.27. The molecule has 2 N–H and O–H groups in total. The minimum absolute atomic E-state index is 0.158. The van der Waals surface area contributed by atoms with E-state index in [4.69, 9.17) is 9.94 Å². The number of amides is 1. The monoisotopic (exact) mass is 417 g/mol. The Morgan fingerprint density at radius 3 is 1.93 bits per heavy atom. The lowest BCUT2D eigenvalue weighted by Gasteiger charge is -2.36. The molecular formula is C18H19N5O7. The third kappa shape index (κ3) is 4.07. The number of nitrogens with one attached hydrogen (secondary N) is 1. The predicted molar refractivity (Wildman–Crippen MR) is 106 cm³/mol. The van der Waals surface area contributed by atoms with E-state index in [1.54, 1.807) is 12.0 Å². The van der Waals surface area contributed by atoms with Gasteiger partial charge in [0.15, 0.2) is 5.69 Å². The zero-order chi connectivity index (χ0) is 21.8. The molecule has 1 aliphatic heterocycles. The van der Waals surface area contributed by atoms with Crippen LogP contribution in [0, 0.1) is 20.2 Å². The third-order valence-electron chi connectivity index (χ3n) is 4.86. The first-order valence-electron chi connectivity index (χ1n) is 8.91. The number of hydroxylamine groups is 1. The summed E-state index contributed by atoms with van der Waals surface area (Å²) in [7, 11) is 1.57. The fourth-order valence-corrected chi connectivity index (χ4v) is 3.38. The molecule has 0 aliphatic carbocycles. The number of benzene rings is 2. The van der Waals surface area contributed by atoms with Crippen molar-refractivity contribution in [2.45, 2.75) is 0 Å². The first kappa shape index (κ1) is 20.8. The molecule has 0 bridgehead atoms. The van der Waals surface area contributed by atoms with Gasteiger partial charge in [0.25, 0.3) is 17.3 Å². The molecule has 2 aromatic rings. The fourth-order valence-electron chi connectivity index (χ4n) is 3.38. The van der Waals surface area contributed by atoms with E-state index >= 15 is 0 Å². The summed E-state index contributed by atoms with van der Waals surface area (Å²) < 4.78 is 5.14. The van der Waals surface area contributed by atoms with Crippen molar-refractivity contribution >= 4 is 28.7 Å². The number of nitro benzene ring substituents is 2. The van der Waals surface area contributed by atoms with Crippen molar-refractivity contribution in [1.82, 2.24) is 5.48 Å². The molecular weight excluding hydrogens is 398 g/mol. The van der Waals surface area contributed by atoms with E-state index in [0.29, 0.717) is 26.2 Å². The molecule has 0 aromatic heterocycles. The van der Waals surface area contributed by atoms with Crippen molar-refractivity contribution in [2.75, 3.05) is 43.1 Å². The van der Waals surface area contributed by atoms with Crippen molar-refractivity contribution in [3.05, 3.63) is 62.2 Å². The Balaban J connectivity index is 1.90. The van der Waals surface area contributed by atoms with Gasteiger partial charge in [-0.2, -0.15) is 0 Å². The summed E-state index contributed by atoms with van der Waals surface area (Å²) in [5.74, 6) is -0.354. The Kier molecular flexibility index (Phi) is 5.97. The van der Waals surface area contributed by atoms with E-state index in [1.807, 2.05) is 24.3 Å². The van der Waals surface area contributed by atoms with Crippen LogP contribution in [0.3, 0.4) is 0 Å². The van der Waals surface area contributed by atoms with Gasteiger partial charge in [-0.3, -0.25) is 30.2 Å². The zero-order valence-electron chi connectivity index (χ0n) is 16.0.